The van der Waals surface area contributed by atoms with Gasteiger partial charge in [-0.15, -0.1) is 15.6 Å². The predicted octanol–water partition coefficient (Wildman–Crippen LogP) is 1.31. The van der Waals surface area contributed by atoms with Gasteiger partial charge in [0.05, 0.1) is 17.8 Å². The standard InChI is InChI=1S/C17H17N5O6S2/c18-14(13-7-6-11-8-21(13)17(24)22(11)28-30(25,26)27)20-15(23)16-19-12(9-29-16)10-4-2-1-3-5-10/h1-5,9,11,13H,6-8H2,(H2,18,20,23)(H,25,26,27). The van der Waals surface area contributed by atoms with Crippen LogP contribution >= 0.6 is 11.3 Å². The van der Waals surface area contributed by atoms with Crippen LogP contribution in [0.5, 0.6) is 0 Å². The number of benzene rings is 1. The van der Waals surface area contributed by atoms with Crippen molar-refractivity contribution < 1.29 is 26.8 Å². The molecule has 3 heterocycles. The molecule has 0 saturated carbocycles. The number of amides is 3. The Labute approximate surface area is 175 Å². The second-order valence-corrected chi connectivity index (χ2v) is 8.62. The highest BCUT2D eigenvalue weighted by Gasteiger charge is 2.48. The molecule has 2 saturated heterocycles. The topological polar surface area (TPSA) is 155 Å². The minimum Gasteiger partial charge on any atom is -0.385 e. The predicted molar refractivity (Wildman–Crippen MR) is 107 cm³/mol. The summed E-state index contributed by atoms with van der Waals surface area (Å²) in [5.41, 5.74) is 7.52. The third kappa shape index (κ3) is 4.05. The molecule has 13 heteroatoms. The molecule has 2 atom stereocenters. The number of carbonyl (C=O) groups excluding carboxylic acids is 2. The molecule has 0 aliphatic carbocycles. The van der Waals surface area contributed by atoms with E-state index in [1.165, 1.54) is 4.90 Å². The van der Waals surface area contributed by atoms with Gasteiger partial charge in [-0.05, 0) is 12.8 Å². The van der Waals surface area contributed by atoms with E-state index in [-0.39, 0.29) is 17.4 Å². The van der Waals surface area contributed by atoms with E-state index in [9.17, 15) is 18.0 Å². The first-order chi connectivity index (χ1) is 14.2. The van der Waals surface area contributed by atoms with E-state index in [2.05, 4.69) is 14.3 Å². The Balaban J connectivity index is 1.50. The van der Waals surface area contributed by atoms with E-state index in [1.54, 1.807) is 5.38 Å². The van der Waals surface area contributed by atoms with Crippen molar-refractivity contribution in [1.82, 2.24) is 14.9 Å². The van der Waals surface area contributed by atoms with E-state index < -0.39 is 34.4 Å². The van der Waals surface area contributed by atoms with E-state index in [0.29, 0.717) is 23.6 Å². The average molecular weight is 451 g/mol. The van der Waals surface area contributed by atoms with Gasteiger partial charge in [0, 0.05) is 17.5 Å². The first kappa shape index (κ1) is 20.4. The number of carbonyl (C=O) groups is 2. The van der Waals surface area contributed by atoms with Crippen molar-refractivity contribution in [3.05, 3.63) is 40.7 Å². The molecule has 1 aromatic carbocycles. The fourth-order valence-corrected chi connectivity index (χ4v) is 4.59. The average Bonchev–Trinajstić information content (AvgIpc) is 3.28. The summed E-state index contributed by atoms with van der Waals surface area (Å²) >= 11 is 1.14. The van der Waals surface area contributed by atoms with Gasteiger partial charge in [-0.25, -0.2) is 9.78 Å². The summed E-state index contributed by atoms with van der Waals surface area (Å²) in [5.74, 6) is -0.698. The van der Waals surface area contributed by atoms with Crippen molar-refractivity contribution in [2.75, 3.05) is 6.54 Å². The van der Waals surface area contributed by atoms with E-state index >= 15 is 0 Å². The molecule has 158 valence electrons. The van der Waals surface area contributed by atoms with Gasteiger partial charge < -0.3 is 10.6 Å². The Morgan fingerprint density at radius 2 is 2.03 bits per heavy atom. The molecule has 2 aromatic rings. The van der Waals surface area contributed by atoms with Gasteiger partial charge in [-0.1, -0.05) is 30.3 Å². The molecule has 3 N–H and O–H groups in total. The Kier molecular flexibility index (Phi) is 5.27. The van der Waals surface area contributed by atoms with Crippen LogP contribution < -0.4 is 5.73 Å². The lowest BCUT2D eigenvalue weighted by molar-refractivity contribution is -0.0316. The molecule has 2 aliphatic heterocycles. The summed E-state index contributed by atoms with van der Waals surface area (Å²) in [6.07, 6.45) is 0.722. The van der Waals surface area contributed by atoms with Gasteiger partial charge in [0.2, 0.25) is 0 Å². The van der Waals surface area contributed by atoms with Crippen LogP contribution in [0.4, 0.5) is 4.79 Å². The number of amidine groups is 1. The molecule has 1 aromatic heterocycles. The quantitative estimate of drug-likeness (QED) is 0.392. The van der Waals surface area contributed by atoms with Crippen LogP contribution in [0.1, 0.15) is 22.6 Å². The van der Waals surface area contributed by atoms with Gasteiger partial charge in [-0.2, -0.15) is 18.5 Å². The second kappa shape index (κ2) is 7.75. The van der Waals surface area contributed by atoms with Crippen molar-refractivity contribution in [3.8, 4) is 11.3 Å². The van der Waals surface area contributed by atoms with E-state index in [4.69, 9.17) is 10.3 Å². The molecule has 3 amide bonds. The number of aromatic nitrogens is 1. The Hall–Kier alpha value is -2.87. The number of hydrogen-bond donors (Lipinski definition) is 2. The second-order valence-electron chi connectivity index (χ2n) is 6.76. The number of hydroxylamine groups is 2. The van der Waals surface area contributed by atoms with Crippen LogP contribution in [-0.2, 0) is 14.7 Å². The van der Waals surface area contributed by atoms with Crippen molar-refractivity contribution in [2.45, 2.75) is 24.9 Å². The molecule has 11 nitrogen and oxygen atoms in total. The zero-order chi connectivity index (χ0) is 21.5. The lowest BCUT2D eigenvalue weighted by atomic mass is 10.0. The molecule has 30 heavy (non-hydrogen) atoms. The highest BCUT2D eigenvalue weighted by atomic mass is 32.3. The lowest BCUT2D eigenvalue weighted by Gasteiger charge is -2.29. The van der Waals surface area contributed by atoms with Crippen molar-refractivity contribution in [1.29, 1.82) is 0 Å². The number of rotatable bonds is 5. The molecule has 0 spiro atoms. The zero-order valence-corrected chi connectivity index (χ0v) is 17.0. The number of nitrogens with two attached hydrogens (primary N) is 1. The largest absolute Gasteiger partial charge is 0.418 e. The minimum atomic E-state index is -4.84. The van der Waals surface area contributed by atoms with Crippen LogP contribution in [-0.4, -0.2) is 64.3 Å². The zero-order valence-electron chi connectivity index (χ0n) is 15.4. The Bertz CT molecular complexity index is 1120. The maximum absolute atomic E-state index is 12.5. The highest BCUT2D eigenvalue weighted by Crippen LogP contribution is 2.31. The third-order valence-corrected chi connectivity index (χ3v) is 6.01. The fraction of sp³-hybridized carbons (Fsp3) is 0.294. The van der Waals surface area contributed by atoms with Gasteiger partial charge in [-0.3, -0.25) is 9.35 Å². The smallest absolute Gasteiger partial charge is 0.385 e. The number of thiazole rings is 1. The van der Waals surface area contributed by atoms with Crippen LogP contribution in [0.2, 0.25) is 0 Å². The molecular weight excluding hydrogens is 434 g/mol. The lowest BCUT2D eigenvalue weighted by Crippen LogP contribution is -2.48. The summed E-state index contributed by atoms with van der Waals surface area (Å²) in [6, 6.07) is 7.34. The summed E-state index contributed by atoms with van der Waals surface area (Å²) < 4.78 is 35.2. The highest BCUT2D eigenvalue weighted by molar-refractivity contribution is 7.80. The first-order valence-corrected chi connectivity index (χ1v) is 11.1. The monoisotopic (exact) mass is 451 g/mol. The first-order valence-electron chi connectivity index (χ1n) is 8.89. The normalized spacial score (nSPS) is 21.9. The maximum atomic E-state index is 12.5. The minimum absolute atomic E-state index is 0.0723. The molecule has 2 bridgehead atoms. The third-order valence-electron chi connectivity index (χ3n) is 4.83. The van der Waals surface area contributed by atoms with Gasteiger partial charge in [0.25, 0.3) is 0 Å². The molecular formula is C17H17N5O6S2. The summed E-state index contributed by atoms with van der Waals surface area (Å²) in [7, 11) is -4.84. The van der Waals surface area contributed by atoms with Gasteiger partial charge in [0.1, 0.15) is 5.84 Å². The van der Waals surface area contributed by atoms with E-state index in [0.717, 1.165) is 16.9 Å². The number of hydrogen-bond acceptors (Lipinski definition) is 7. The molecule has 2 unspecified atom stereocenters. The summed E-state index contributed by atoms with van der Waals surface area (Å²) in [4.78, 5) is 34.4. The van der Waals surface area contributed by atoms with Crippen LogP contribution in [0.3, 0.4) is 0 Å². The summed E-state index contributed by atoms with van der Waals surface area (Å²) in [5, 5.41) is 2.51. The number of aliphatic imine (C=N–C) groups is 1. The van der Waals surface area contributed by atoms with Gasteiger partial charge in [0.15, 0.2) is 5.01 Å². The SMILES string of the molecule is NC(=NC(=O)c1nc(-c2ccccc2)cs1)C1CCC2CN1C(=O)N2OS(=O)(=O)O. The number of nitrogens with zero attached hydrogens (tertiary/aromatic N) is 4. The molecule has 4 rings (SSSR count). The molecule has 2 fully saturated rings. The van der Waals surface area contributed by atoms with Crippen LogP contribution in [0.25, 0.3) is 11.3 Å². The van der Waals surface area contributed by atoms with E-state index in [1.807, 2.05) is 30.3 Å². The van der Waals surface area contributed by atoms with Crippen LogP contribution in [0, 0.1) is 0 Å². The Morgan fingerprint density at radius 3 is 2.73 bits per heavy atom. The summed E-state index contributed by atoms with van der Waals surface area (Å²) in [6.45, 7) is 0.138. The number of piperidine rings is 1. The van der Waals surface area contributed by atoms with Crippen molar-refractivity contribution in [3.63, 3.8) is 0 Å². The van der Waals surface area contributed by atoms with Crippen molar-refractivity contribution >= 4 is 39.5 Å². The van der Waals surface area contributed by atoms with Gasteiger partial charge >= 0.3 is 22.3 Å². The maximum Gasteiger partial charge on any atom is 0.418 e. The fourth-order valence-electron chi connectivity index (χ4n) is 3.49. The number of fused-ring (bicyclic) bond motifs is 2. The van der Waals surface area contributed by atoms with Crippen molar-refractivity contribution in [2.24, 2.45) is 10.7 Å². The van der Waals surface area contributed by atoms with Crippen LogP contribution in [0.15, 0.2) is 40.7 Å². The molecule has 2 aliphatic rings. The number of urea groups is 1. The Morgan fingerprint density at radius 1 is 1.30 bits per heavy atom. The molecule has 0 radical (unpaired) electrons.